The van der Waals surface area contributed by atoms with E-state index >= 15 is 0 Å². The van der Waals surface area contributed by atoms with Gasteiger partial charge in [0.2, 0.25) is 5.95 Å². The van der Waals surface area contributed by atoms with Crippen LogP contribution in [0.5, 0.6) is 0 Å². The second-order valence-corrected chi connectivity index (χ2v) is 4.00. The Balaban J connectivity index is 2.28. The number of aromatic nitrogens is 2. The first-order chi connectivity index (χ1) is 8.08. The summed E-state index contributed by atoms with van der Waals surface area (Å²) < 4.78 is 28.0. The van der Waals surface area contributed by atoms with Gasteiger partial charge in [-0.05, 0) is 26.0 Å². The third kappa shape index (κ3) is 2.43. The van der Waals surface area contributed by atoms with Gasteiger partial charge in [0.05, 0.1) is 5.69 Å². The molecule has 0 unspecified atom stereocenters. The van der Waals surface area contributed by atoms with Crippen LogP contribution in [0, 0.1) is 11.6 Å². The summed E-state index contributed by atoms with van der Waals surface area (Å²) in [5, 5.41) is 2.84. The Hall–Kier alpha value is -1.91. The standard InChI is InChI=1S/C12H13F2N3/c1-8(2)17-6-5-15-12(17)16-11-4-3-9(13)7-10(11)14/h3-8H,1-2H3,(H,15,16). The van der Waals surface area contributed by atoms with Crippen molar-refractivity contribution in [2.24, 2.45) is 0 Å². The van der Waals surface area contributed by atoms with E-state index in [2.05, 4.69) is 10.3 Å². The Kier molecular flexibility index (Phi) is 3.08. The molecule has 0 bridgehead atoms. The number of nitrogens with zero attached hydrogens (tertiary/aromatic N) is 2. The molecule has 90 valence electrons. The van der Waals surface area contributed by atoms with Gasteiger partial charge in [-0.2, -0.15) is 0 Å². The van der Waals surface area contributed by atoms with Crippen molar-refractivity contribution in [3.63, 3.8) is 0 Å². The molecule has 17 heavy (non-hydrogen) atoms. The summed E-state index contributed by atoms with van der Waals surface area (Å²) in [7, 11) is 0. The Labute approximate surface area is 98.1 Å². The predicted octanol–water partition coefficient (Wildman–Crippen LogP) is 3.49. The molecule has 1 aromatic heterocycles. The molecular weight excluding hydrogens is 224 g/mol. The molecule has 0 fully saturated rings. The third-order valence-corrected chi connectivity index (χ3v) is 2.40. The summed E-state index contributed by atoms with van der Waals surface area (Å²) in [5.41, 5.74) is 0.208. The topological polar surface area (TPSA) is 29.9 Å². The highest BCUT2D eigenvalue weighted by molar-refractivity contribution is 5.54. The number of nitrogens with one attached hydrogen (secondary N) is 1. The fourth-order valence-electron chi connectivity index (χ4n) is 1.54. The van der Waals surface area contributed by atoms with Crippen LogP contribution in [0.25, 0.3) is 0 Å². The summed E-state index contributed by atoms with van der Waals surface area (Å²) in [6.45, 7) is 3.99. The highest BCUT2D eigenvalue weighted by atomic mass is 19.1. The molecule has 0 radical (unpaired) electrons. The van der Waals surface area contributed by atoms with Crippen molar-refractivity contribution in [1.82, 2.24) is 9.55 Å². The number of benzene rings is 1. The SMILES string of the molecule is CC(C)n1ccnc1Nc1ccc(F)cc1F. The molecule has 0 spiro atoms. The highest BCUT2D eigenvalue weighted by Crippen LogP contribution is 2.21. The summed E-state index contributed by atoms with van der Waals surface area (Å²) in [6, 6.07) is 3.60. The minimum atomic E-state index is -0.636. The first kappa shape index (κ1) is 11.6. The van der Waals surface area contributed by atoms with E-state index in [0.717, 1.165) is 6.07 Å². The van der Waals surface area contributed by atoms with E-state index in [1.54, 1.807) is 12.4 Å². The van der Waals surface area contributed by atoms with Gasteiger partial charge in [0, 0.05) is 24.5 Å². The van der Waals surface area contributed by atoms with Gasteiger partial charge in [0.15, 0.2) is 0 Å². The summed E-state index contributed by atoms with van der Waals surface area (Å²) in [6.07, 6.45) is 3.43. The van der Waals surface area contributed by atoms with Gasteiger partial charge in [-0.1, -0.05) is 0 Å². The van der Waals surface area contributed by atoms with E-state index in [0.29, 0.717) is 5.95 Å². The van der Waals surface area contributed by atoms with E-state index in [-0.39, 0.29) is 11.7 Å². The number of hydrogen-bond donors (Lipinski definition) is 1. The monoisotopic (exact) mass is 237 g/mol. The van der Waals surface area contributed by atoms with Gasteiger partial charge < -0.3 is 9.88 Å². The van der Waals surface area contributed by atoms with Crippen LogP contribution in [0.3, 0.4) is 0 Å². The maximum atomic E-state index is 13.4. The Morgan fingerprint density at radius 3 is 2.71 bits per heavy atom. The average molecular weight is 237 g/mol. The van der Waals surface area contributed by atoms with Crippen molar-refractivity contribution in [3.8, 4) is 0 Å². The molecule has 0 aliphatic rings. The van der Waals surface area contributed by atoms with Gasteiger partial charge >= 0.3 is 0 Å². The van der Waals surface area contributed by atoms with Crippen LogP contribution in [0.4, 0.5) is 20.4 Å². The van der Waals surface area contributed by atoms with Crippen molar-refractivity contribution in [3.05, 3.63) is 42.2 Å². The molecule has 0 amide bonds. The van der Waals surface area contributed by atoms with Gasteiger partial charge in [-0.25, -0.2) is 13.8 Å². The molecule has 2 rings (SSSR count). The van der Waals surface area contributed by atoms with Crippen molar-refractivity contribution in [1.29, 1.82) is 0 Å². The second kappa shape index (κ2) is 4.53. The Bertz CT molecular complexity index is 520. The second-order valence-electron chi connectivity index (χ2n) is 4.00. The van der Waals surface area contributed by atoms with Crippen LogP contribution in [0.15, 0.2) is 30.6 Å². The maximum Gasteiger partial charge on any atom is 0.207 e. The summed E-state index contributed by atoms with van der Waals surface area (Å²) in [4.78, 5) is 4.09. The molecule has 0 atom stereocenters. The third-order valence-electron chi connectivity index (χ3n) is 2.40. The number of rotatable bonds is 3. The Morgan fingerprint density at radius 2 is 2.06 bits per heavy atom. The van der Waals surface area contributed by atoms with Gasteiger partial charge in [0.1, 0.15) is 11.6 Å². The molecule has 0 saturated heterocycles. The summed E-state index contributed by atoms with van der Waals surface area (Å²) in [5.74, 6) is -0.700. The lowest BCUT2D eigenvalue weighted by molar-refractivity contribution is 0.583. The molecule has 2 aromatic rings. The van der Waals surface area contributed by atoms with Crippen molar-refractivity contribution in [2.45, 2.75) is 19.9 Å². The molecule has 0 aliphatic heterocycles. The first-order valence-electron chi connectivity index (χ1n) is 5.33. The lowest BCUT2D eigenvalue weighted by atomic mass is 10.3. The number of halogens is 2. The molecule has 0 aliphatic carbocycles. The molecule has 3 nitrogen and oxygen atoms in total. The minimum Gasteiger partial charge on any atom is -0.323 e. The van der Waals surface area contributed by atoms with Crippen molar-refractivity contribution < 1.29 is 8.78 Å². The van der Waals surface area contributed by atoms with Crippen LogP contribution < -0.4 is 5.32 Å². The van der Waals surface area contributed by atoms with Crippen LogP contribution in [-0.4, -0.2) is 9.55 Å². The lowest BCUT2D eigenvalue weighted by Crippen LogP contribution is -2.06. The molecule has 1 N–H and O–H groups in total. The molecule has 1 heterocycles. The molecule has 1 aromatic carbocycles. The van der Waals surface area contributed by atoms with Crippen molar-refractivity contribution in [2.75, 3.05) is 5.32 Å². The smallest absolute Gasteiger partial charge is 0.207 e. The zero-order valence-corrected chi connectivity index (χ0v) is 9.61. The zero-order chi connectivity index (χ0) is 12.4. The van der Waals surface area contributed by atoms with Gasteiger partial charge in [-0.3, -0.25) is 0 Å². The van der Waals surface area contributed by atoms with E-state index < -0.39 is 11.6 Å². The first-order valence-corrected chi connectivity index (χ1v) is 5.33. The highest BCUT2D eigenvalue weighted by Gasteiger charge is 2.09. The zero-order valence-electron chi connectivity index (χ0n) is 9.61. The van der Waals surface area contributed by atoms with Crippen LogP contribution in [0.1, 0.15) is 19.9 Å². The van der Waals surface area contributed by atoms with Crippen molar-refractivity contribution >= 4 is 11.6 Å². The molecule has 0 saturated carbocycles. The molecular formula is C12H13F2N3. The number of hydrogen-bond acceptors (Lipinski definition) is 2. The normalized spacial score (nSPS) is 10.9. The summed E-state index contributed by atoms with van der Waals surface area (Å²) >= 11 is 0. The Morgan fingerprint density at radius 1 is 1.29 bits per heavy atom. The number of imidazole rings is 1. The average Bonchev–Trinajstić information content (AvgIpc) is 2.70. The maximum absolute atomic E-state index is 13.4. The minimum absolute atomic E-state index is 0.208. The largest absolute Gasteiger partial charge is 0.323 e. The predicted molar refractivity (Wildman–Crippen MR) is 62.3 cm³/mol. The van der Waals surface area contributed by atoms with E-state index in [4.69, 9.17) is 0 Å². The quantitative estimate of drug-likeness (QED) is 0.885. The van der Waals surface area contributed by atoms with E-state index in [1.165, 1.54) is 12.1 Å². The van der Waals surface area contributed by atoms with Gasteiger partial charge in [-0.15, -0.1) is 0 Å². The van der Waals surface area contributed by atoms with Crippen LogP contribution in [0.2, 0.25) is 0 Å². The van der Waals surface area contributed by atoms with E-state index in [1.807, 2.05) is 18.4 Å². The van der Waals surface area contributed by atoms with Crippen LogP contribution >= 0.6 is 0 Å². The molecule has 5 heteroatoms. The van der Waals surface area contributed by atoms with E-state index in [9.17, 15) is 8.78 Å². The van der Waals surface area contributed by atoms with Crippen LogP contribution in [-0.2, 0) is 0 Å². The fraction of sp³-hybridized carbons (Fsp3) is 0.250. The lowest BCUT2D eigenvalue weighted by Gasteiger charge is -2.13. The number of anilines is 2. The fourth-order valence-corrected chi connectivity index (χ4v) is 1.54. The van der Waals surface area contributed by atoms with Gasteiger partial charge in [0.25, 0.3) is 0 Å².